The van der Waals surface area contributed by atoms with E-state index in [1.807, 2.05) is 0 Å². The second-order valence-electron chi connectivity index (χ2n) is 12.4. The Balaban J connectivity index is 1.39. The van der Waals surface area contributed by atoms with Crippen molar-refractivity contribution in [2.75, 3.05) is 49.6 Å². The number of aromatic nitrogens is 2. The molecule has 3 aliphatic heterocycles. The number of likely N-dealkylation sites (N-methyl/N-ethyl adjacent to an activating group) is 1. The fraction of sp³-hybridized carbons (Fsp3) is 0.515. The zero-order valence-corrected chi connectivity index (χ0v) is 25.3. The van der Waals surface area contributed by atoms with Crippen LogP contribution in [0.3, 0.4) is 0 Å². The first-order chi connectivity index (χ1) is 20.7. The molecule has 0 N–H and O–H groups in total. The van der Waals surface area contributed by atoms with Crippen molar-refractivity contribution in [2.24, 2.45) is 5.92 Å². The maximum atomic E-state index is 13.8. The van der Waals surface area contributed by atoms with E-state index in [-0.39, 0.29) is 19.0 Å². The predicted octanol–water partition coefficient (Wildman–Crippen LogP) is 4.35. The van der Waals surface area contributed by atoms with Gasteiger partial charge in [-0.25, -0.2) is 4.39 Å². The van der Waals surface area contributed by atoms with Crippen LogP contribution in [0.5, 0.6) is 6.01 Å². The van der Waals surface area contributed by atoms with Gasteiger partial charge in [0.15, 0.2) is 5.83 Å². The number of piperazine rings is 1. The standard InChI is InChI=1S/C33H40FN7O2/c1-21-16-24-8-5-6-10-27(24)29(17-21)41-22(2)18-28-30(36-33(37-31(28)41)43-20-26-9-7-13-38(26)4)39-14-15-40(32(42)23(3)34)25(19-39)11-12-35/h5-6,8,10,17,21-22,25-26H,3,7,9,11,13-16,18-20H2,1-2,4H3/t21?,22?,25-,26-/m0/s1. The van der Waals surface area contributed by atoms with Gasteiger partial charge in [-0.2, -0.15) is 15.2 Å². The minimum atomic E-state index is -1.01. The Morgan fingerprint density at radius 2 is 1.93 bits per heavy atom. The second-order valence-corrected chi connectivity index (χ2v) is 12.4. The van der Waals surface area contributed by atoms with E-state index in [1.165, 1.54) is 16.0 Å². The number of hydrogen-bond acceptors (Lipinski definition) is 8. The van der Waals surface area contributed by atoms with E-state index in [2.05, 4.69) is 78.6 Å². The number of hydrogen-bond donors (Lipinski definition) is 0. The molecule has 1 aliphatic carbocycles. The molecule has 43 heavy (non-hydrogen) atoms. The lowest BCUT2D eigenvalue weighted by Crippen LogP contribution is -2.55. The summed E-state index contributed by atoms with van der Waals surface area (Å²) in [5.41, 5.74) is 4.74. The number of anilines is 2. The molecule has 0 bridgehead atoms. The van der Waals surface area contributed by atoms with E-state index in [0.717, 1.165) is 55.1 Å². The highest BCUT2D eigenvalue weighted by Gasteiger charge is 2.39. The molecule has 4 heterocycles. The van der Waals surface area contributed by atoms with Gasteiger partial charge >= 0.3 is 6.01 Å². The molecule has 4 aliphatic rings. The topological polar surface area (TPSA) is 88.8 Å². The molecule has 226 valence electrons. The summed E-state index contributed by atoms with van der Waals surface area (Å²) in [7, 11) is 2.12. The van der Waals surface area contributed by atoms with Crippen molar-refractivity contribution in [3.05, 3.63) is 59.4 Å². The number of halogens is 1. The van der Waals surface area contributed by atoms with Crippen LogP contribution < -0.4 is 14.5 Å². The summed E-state index contributed by atoms with van der Waals surface area (Å²) in [5, 5.41) is 9.54. The van der Waals surface area contributed by atoms with Gasteiger partial charge in [0.05, 0.1) is 18.5 Å². The van der Waals surface area contributed by atoms with Crippen LogP contribution in [-0.2, 0) is 17.6 Å². The van der Waals surface area contributed by atoms with Crippen LogP contribution in [0.1, 0.15) is 49.8 Å². The lowest BCUT2D eigenvalue weighted by atomic mass is 9.88. The van der Waals surface area contributed by atoms with Crippen LogP contribution in [0.4, 0.5) is 16.0 Å². The van der Waals surface area contributed by atoms with E-state index >= 15 is 0 Å². The van der Waals surface area contributed by atoms with Crippen LogP contribution in [0.15, 0.2) is 42.7 Å². The number of nitrogens with zero attached hydrogens (tertiary/aromatic N) is 7. The molecule has 9 nitrogen and oxygen atoms in total. The van der Waals surface area contributed by atoms with E-state index < -0.39 is 17.8 Å². The molecule has 2 fully saturated rings. The molecule has 2 aromatic rings. The SMILES string of the molecule is C=C(F)C(=O)N1CCN(c2nc(OC[C@@H]3CCCN3C)nc3c2CC(C)N3C2=CC(C)Cc3ccccc32)C[C@@H]1CC#N. The fourth-order valence-corrected chi connectivity index (χ4v) is 7.13. The molecule has 0 radical (unpaired) electrons. The largest absolute Gasteiger partial charge is 0.462 e. The first kappa shape index (κ1) is 29.1. The molecule has 1 amide bonds. The predicted molar refractivity (Wildman–Crippen MR) is 164 cm³/mol. The molecule has 0 saturated carbocycles. The smallest absolute Gasteiger partial charge is 0.320 e. The Kier molecular flexibility index (Phi) is 8.10. The lowest BCUT2D eigenvalue weighted by molar-refractivity contribution is -0.131. The van der Waals surface area contributed by atoms with Crippen LogP contribution in [0.25, 0.3) is 5.70 Å². The van der Waals surface area contributed by atoms with Crippen molar-refractivity contribution in [1.29, 1.82) is 5.26 Å². The van der Waals surface area contributed by atoms with Crippen molar-refractivity contribution in [2.45, 2.75) is 64.1 Å². The van der Waals surface area contributed by atoms with Gasteiger partial charge in [-0.15, -0.1) is 0 Å². The number of nitriles is 1. The highest BCUT2D eigenvalue weighted by molar-refractivity contribution is 5.91. The normalized spacial score (nSPS) is 25.2. The molecule has 4 atom stereocenters. The van der Waals surface area contributed by atoms with Gasteiger partial charge in [0.2, 0.25) is 0 Å². The Morgan fingerprint density at radius 1 is 1.14 bits per heavy atom. The highest BCUT2D eigenvalue weighted by atomic mass is 19.1. The number of benzene rings is 1. The number of carbonyl (C=O) groups excluding carboxylic acids is 1. The Bertz CT molecular complexity index is 1490. The van der Waals surface area contributed by atoms with Crippen molar-refractivity contribution in [1.82, 2.24) is 19.8 Å². The van der Waals surface area contributed by atoms with E-state index in [9.17, 15) is 14.4 Å². The van der Waals surface area contributed by atoms with Gasteiger partial charge in [-0.3, -0.25) is 4.79 Å². The average molecular weight is 586 g/mol. The average Bonchev–Trinajstić information content (AvgIpc) is 3.56. The van der Waals surface area contributed by atoms with Gasteiger partial charge in [0, 0.05) is 55.0 Å². The van der Waals surface area contributed by atoms with Crippen LogP contribution >= 0.6 is 0 Å². The van der Waals surface area contributed by atoms with Crippen molar-refractivity contribution >= 4 is 23.2 Å². The van der Waals surface area contributed by atoms with E-state index in [4.69, 9.17) is 14.7 Å². The summed E-state index contributed by atoms with van der Waals surface area (Å²) < 4.78 is 20.2. The fourth-order valence-electron chi connectivity index (χ4n) is 7.13. The molecule has 2 unspecified atom stereocenters. The molecule has 0 spiro atoms. The summed E-state index contributed by atoms with van der Waals surface area (Å²) in [4.78, 5) is 30.8. The van der Waals surface area contributed by atoms with Gasteiger partial charge in [0.25, 0.3) is 5.91 Å². The molecule has 2 saturated heterocycles. The number of carbonyl (C=O) groups is 1. The summed E-state index contributed by atoms with van der Waals surface area (Å²) in [6.07, 6.45) is 6.40. The molecular weight excluding hydrogens is 545 g/mol. The summed E-state index contributed by atoms with van der Waals surface area (Å²) in [5.74, 6) is 0.232. The Labute approximate surface area is 253 Å². The first-order valence-electron chi connectivity index (χ1n) is 15.4. The Morgan fingerprint density at radius 3 is 2.67 bits per heavy atom. The second kappa shape index (κ2) is 12.0. The van der Waals surface area contributed by atoms with Crippen LogP contribution in [0.2, 0.25) is 0 Å². The third kappa shape index (κ3) is 5.58. The van der Waals surface area contributed by atoms with Crippen LogP contribution in [0, 0.1) is 17.2 Å². The molecule has 6 rings (SSSR count). The Hall–Kier alpha value is -3.97. The summed E-state index contributed by atoms with van der Waals surface area (Å²) >= 11 is 0. The zero-order chi connectivity index (χ0) is 30.2. The quantitative estimate of drug-likeness (QED) is 0.444. The zero-order valence-electron chi connectivity index (χ0n) is 25.3. The third-order valence-corrected chi connectivity index (χ3v) is 9.33. The number of allylic oxidation sites excluding steroid dienone is 1. The van der Waals surface area contributed by atoms with Crippen molar-refractivity contribution in [3.8, 4) is 12.1 Å². The number of rotatable bonds is 7. The minimum absolute atomic E-state index is 0.0876. The van der Waals surface area contributed by atoms with E-state index in [1.54, 1.807) is 0 Å². The number of ether oxygens (including phenoxy) is 1. The minimum Gasteiger partial charge on any atom is -0.462 e. The van der Waals surface area contributed by atoms with Crippen molar-refractivity contribution in [3.63, 3.8) is 0 Å². The van der Waals surface area contributed by atoms with Gasteiger partial charge in [0.1, 0.15) is 18.2 Å². The highest BCUT2D eigenvalue weighted by Crippen LogP contribution is 2.44. The maximum absolute atomic E-state index is 13.8. The maximum Gasteiger partial charge on any atom is 0.320 e. The number of fused-ring (bicyclic) bond motifs is 2. The third-order valence-electron chi connectivity index (χ3n) is 9.33. The van der Waals surface area contributed by atoms with Crippen molar-refractivity contribution < 1.29 is 13.9 Å². The molecule has 1 aromatic heterocycles. The lowest BCUT2D eigenvalue weighted by Gasteiger charge is -2.41. The van der Waals surface area contributed by atoms with E-state index in [0.29, 0.717) is 37.7 Å². The summed E-state index contributed by atoms with van der Waals surface area (Å²) in [6, 6.07) is 11.1. The van der Waals surface area contributed by atoms with Gasteiger partial charge in [-0.05, 0) is 51.3 Å². The number of amides is 1. The van der Waals surface area contributed by atoms with Crippen LogP contribution in [-0.4, -0.2) is 83.6 Å². The first-order valence-corrected chi connectivity index (χ1v) is 15.4. The molecular formula is C33H40FN7O2. The number of likely N-dealkylation sites (tertiary alicyclic amines) is 1. The molecule has 1 aromatic carbocycles. The van der Waals surface area contributed by atoms with Gasteiger partial charge in [-0.1, -0.05) is 43.8 Å². The molecule has 10 heteroatoms. The van der Waals surface area contributed by atoms with Gasteiger partial charge < -0.3 is 24.3 Å². The summed E-state index contributed by atoms with van der Waals surface area (Å²) in [6.45, 7) is 10.3. The monoisotopic (exact) mass is 585 g/mol.